The summed E-state index contributed by atoms with van der Waals surface area (Å²) >= 11 is 1.52. The summed E-state index contributed by atoms with van der Waals surface area (Å²) in [6, 6.07) is 0.565. The number of primary amides is 1. The van der Waals surface area contributed by atoms with E-state index in [9.17, 15) is 29.1 Å². The minimum atomic E-state index is -0.936. The monoisotopic (exact) mass is 713 g/mol. The number of carbonyl (C=O) groups excluding carboxylic acids is 5. The van der Waals surface area contributed by atoms with Crippen molar-refractivity contribution in [3.05, 3.63) is 28.8 Å². The van der Waals surface area contributed by atoms with Crippen LogP contribution in [0.3, 0.4) is 0 Å². The minimum absolute atomic E-state index is 0. The molecule has 0 aliphatic heterocycles. The number of nitrogens with one attached hydrogen (secondary N) is 2. The Hall–Kier alpha value is -3.03. The normalized spacial score (nSPS) is 14.9. The first-order chi connectivity index (χ1) is 22.4. The maximum atomic E-state index is 13.6. The van der Waals surface area contributed by atoms with Gasteiger partial charge in [-0.05, 0) is 92.7 Å². The molecule has 48 heavy (non-hydrogen) atoms. The maximum absolute atomic E-state index is 13.6. The van der Waals surface area contributed by atoms with E-state index in [0.717, 1.165) is 48.8 Å². The van der Waals surface area contributed by atoms with Crippen molar-refractivity contribution in [1.29, 1.82) is 0 Å². The molecule has 0 heterocycles. The Balaban J connectivity index is 0.0000115. The van der Waals surface area contributed by atoms with Crippen LogP contribution in [-0.4, -0.2) is 89.9 Å². The van der Waals surface area contributed by atoms with Gasteiger partial charge >= 0.3 is 5.97 Å². The fourth-order valence-corrected chi connectivity index (χ4v) is 6.67. The number of rotatable bonds is 20. The van der Waals surface area contributed by atoms with E-state index < -0.39 is 41.8 Å². The van der Waals surface area contributed by atoms with Crippen molar-refractivity contribution in [3.8, 4) is 5.75 Å². The van der Waals surface area contributed by atoms with Crippen LogP contribution in [0.25, 0.3) is 0 Å². The number of ether oxygens (including phenoxy) is 1. The second-order valence-electron chi connectivity index (χ2n) is 12.6. The largest absolute Gasteiger partial charge is 0.508 e. The maximum Gasteiger partial charge on any atom is 0.305 e. The lowest BCUT2D eigenvalue weighted by atomic mass is 9.84. The summed E-state index contributed by atoms with van der Waals surface area (Å²) < 4.78 is 4.70. The molecule has 12 nitrogen and oxygen atoms in total. The molecule has 1 aromatic carbocycles. The van der Waals surface area contributed by atoms with Crippen LogP contribution >= 0.6 is 24.2 Å². The first-order valence-electron chi connectivity index (χ1n) is 16.6. The quantitative estimate of drug-likeness (QED) is 0.0997. The molecule has 14 heteroatoms. The number of hydrogen-bond acceptors (Lipinski definition) is 9. The minimum Gasteiger partial charge on any atom is -0.508 e. The molecule has 0 bridgehead atoms. The van der Waals surface area contributed by atoms with Gasteiger partial charge in [-0.2, -0.15) is 11.8 Å². The van der Waals surface area contributed by atoms with E-state index in [4.69, 9.17) is 16.2 Å². The van der Waals surface area contributed by atoms with E-state index in [1.165, 1.54) is 23.8 Å². The van der Waals surface area contributed by atoms with Gasteiger partial charge in [-0.15, -0.1) is 12.4 Å². The number of unbranched alkanes of at least 4 members (excludes halogenated alkanes) is 2. The summed E-state index contributed by atoms with van der Waals surface area (Å²) in [5, 5.41) is 15.3. The molecule has 0 unspecified atom stereocenters. The molecule has 7 N–H and O–H groups in total. The van der Waals surface area contributed by atoms with Crippen molar-refractivity contribution in [2.75, 3.05) is 32.2 Å². The van der Waals surface area contributed by atoms with Crippen LogP contribution in [-0.2, 0) is 35.1 Å². The average molecular weight is 714 g/mol. The molecule has 0 radical (unpaired) electrons. The van der Waals surface area contributed by atoms with Crippen molar-refractivity contribution in [1.82, 2.24) is 15.5 Å². The topological polar surface area (TPSA) is 194 Å². The average Bonchev–Trinajstić information content (AvgIpc) is 3.04. The Bertz CT molecular complexity index is 1190. The zero-order chi connectivity index (χ0) is 34.9. The molecule has 2 rings (SSSR count). The molecule has 0 saturated heterocycles. The standard InChI is InChI=1S/C34H55N5O7S.ClH/c1-22-17-25(40)18-23(2)26(22)20-27(35)33(44)38-28(14-16-47-4)34(45)37-21-30(41)39(15-10-6-9-13-31(42)46-3)29(32(36)43)19-24-11-7-5-8-12-24;/h17-18,24,27-29,40H,5-16,19-21,35H2,1-4H3,(H2,36,43)(H,37,45)(H,38,44);1H/t27-,28-,29+;/m1./s1. The molecule has 1 aromatic rings. The SMILES string of the molecule is COC(=O)CCCCCN(C(=O)CNC(=O)[C@@H](CCSC)NC(=O)[C@H](N)Cc1c(C)cc(O)cc1C)[C@@H](CC1CCCCC1)C(N)=O.Cl. The number of aryl methyl sites for hydroxylation is 2. The lowest BCUT2D eigenvalue weighted by Gasteiger charge is -2.33. The third-order valence-electron chi connectivity index (χ3n) is 8.91. The second-order valence-corrected chi connectivity index (χ2v) is 13.5. The smallest absolute Gasteiger partial charge is 0.305 e. The van der Waals surface area contributed by atoms with Crippen LogP contribution in [0.5, 0.6) is 5.75 Å². The van der Waals surface area contributed by atoms with Crippen molar-refractivity contribution in [3.63, 3.8) is 0 Å². The Kier molecular flexibility index (Phi) is 20.2. The molecule has 1 saturated carbocycles. The summed E-state index contributed by atoms with van der Waals surface area (Å²) in [4.78, 5) is 65.7. The number of nitrogens with two attached hydrogens (primary N) is 2. The summed E-state index contributed by atoms with van der Waals surface area (Å²) in [5.74, 6) is -1.33. The number of aromatic hydroxyl groups is 1. The lowest BCUT2D eigenvalue weighted by Crippen LogP contribution is -2.55. The van der Waals surface area contributed by atoms with Gasteiger partial charge in [-0.1, -0.05) is 38.5 Å². The second kappa shape index (κ2) is 22.6. The van der Waals surface area contributed by atoms with Gasteiger partial charge in [0.15, 0.2) is 0 Å². The Morgan fingerprint density at radius 3 is 2.27 bits per heavy atom. The highest BCUT2D eigenvalue weighted by Crippen LogP contribution is 2.29. The highest BCUT2D eigenvalue weighted by Gasteiger charge is 2.32. The van der Waals surface area contributed by atoms with Gasteiger partial charge in [-0.25, -0.2) is 0 Å². The van der Waals surface area contributed by atoms with E-state index in [2.05, 4.69) is 10.6 Å². The van der Waals surface area contributed by atoms with Gasteiger partial charge in [-0.3, -0.25) is 24.0 Å². The van der Waals surface area contributed by atoms with E-state index in [1.807, 2.05) is 20.1 Å². The molecular weight excluding hydrogens is 658 g/mol. The van der Waals surface area contributed by atoms with Crippen LogP contribution in [0.15, 0.2) is 12.1 Å². The third kappa shape index (κ3) is 14.6. The molecule has 1 aliphatic carbocycles. The molecule has 3 atom stereocenters. The van der Waals surface area contributed by atoms with Crippen molar-refractivity contribution in [2.45, 2.75) is 109 Å². The number of thioether (sulfide) groups is 1. The summed E-state index contributed by atoms with van der Waals surface area (Å²) in [6.07, 6.45) is 10.2. The summed E-state index contributed by atoms with van der Waals surface area (Å²) in [6.45, 7) is 3.57. The zero-order valence-corrected chi connectivity index (χ0v) is 30.5. The van der Waals surface area contributed by atoms with Gasteiger partial charge in [0.25, 0.3) is 0 Å². The number of esters is 1. The van der Waals surface area contributed by atoms with Gasteiger partial charge < -0.3 is 36.8 Å². The Morgan fingerprint density at radius 1 is 1.04 bits per heavy atom. The number of amides is 4. The predicted octanol–water partition coefficient (Wildman–Crippen LogP) is 3.04. The summed E-state index contributed by atoms with van der Waals surface area (Å²) in [7, 11) is 1.34. The number of hydrogen-bond donors (Lipinski definition) is 5. The van der Waals surface area contributed by atoms with E-state index >= 15 is 0 Å². The van der Waals surface area contributed by atoms with Gasteiger partial charge in [0.05, 0.1) is 19.7 Å². The highest BCUT2D eigenvalue weighted by molar-refractivity contribution is 7.98. The number of carbonyl (C=O) groups is 5. The van der Waals surface area contributed by atoms with Crippen LogP contribution in [0.4, 0.5) is 0 Å². The highest BCUT2D eigenvalue weighted by atomic mass is 35.5. The van der Waals surface area contributed by atoms with Gasteiger partial charge in [0.2, 0.25) is 23.6 Å². The predicted molar refractivity (Wildman–Crippen MR) is 191 cm³/mol. The fourth-order valence-electron chi connectivity index (χ4n) is 6.20. The molecular formula is C34H56ClN5O7S. The molecule has 4 amide bonds. The van der Waals surface area contributed by atoms with E-state index in [0.29, 0.717) is 37.9 Å². The number of benzene rings is 1. The Labute approximate surface area is 295 Å². The first-order valence-corrected chi connectivity index (χ1v) is 18.0. The molecule has 0 spiro atoms. The van der Waals surface area contributed by atoms with E-state index in [-0.39, 0.29) is 56.0 Å². The van der Waals surface area contributed by atoms with Gasteiger partial charge in [0.1, 0.15) is 17.8 Å². The van der Waals surface area contributed by atoms with Gasteiger partial charge in [0, 0.05) is 13.0 Å². The number of phenolic OH excluding ortho intramolecular Hbond substituents is 1. The first kappa shape index (κ1) is 43.0. The number of methoxy groups -OCH3 is 1. The van der Waals surface area contributed by atoms with Crippen molar-refractivity contribution in [2.24, 2.45) is 17.4 Å². The van der Waals surface area contributed by atoms with Crippen molar-refractivity contribution >= 4 is 53.8 Å². The molecule has 272 valence electrons. The fraction of sp³-hybridized carbons (Fsp3) is 0.676. The number of nitrogens with zero attached hydrogens (tertiary/aromatic N) is 1. The third-order valence-corrected chi connectivity index (χ3v) is 9.56. The zero-order valence-electron chi connectivity index (χ0n) is 28.9. The van der Waals surface area contributed by atoms with E-state index in [1.54, 1.807) is 12.1 Å². The van der Waals surface area contributed by atoms with Crippen LogP contribution in [0.1, 0.15) is 87.3 Å². The van der Waals surface area contributed by atoms with Crippen LogP contribution in [0, 0.1) is 19.8 Å². The van der Waals surface area contributed by atoms with Crippen LogP contribution in [0.2, 0.25) is 0 Å². The van der Waals surface area contributed by atoms with Crippen LogP contribution < -0.4 is 22.1 Å². The number of halogens is 1. The molecule has 1 fully saturated rings. The Morgan fingerprint density at radius 2 is 1.69 bits per heavy atom. The molecule has 0 aromatic heterocycles. The number of phenols is 1. The van der Waals surface area contributed by atoms with Crippen molar-refractivity contribution < 1.29 is 33.8 Å². The lowest BCUT2D eigenvalue weighted by molar-refractivity contribution is -0.141. The molecule has 1 aliphatic rings. The summed E-state index contributed by atoms with van der Waals surface area (Å²) in [5.41, 5.74) is 14.6.